The first-order chi connectivity index (χ1) is 7.65. The fourth-order valence-electron chi connectivity index (χ4n) is 1.89. The maximum Gasteiger partial charge on any atom is 0.283 e. The van der Waals surface area contributed by atoms with E-state index < -0.39 is 0 Å². The van der Waals surface area contributed by atoms with Crippen molar-refractivity contribution in [3.63, 3.8) is 0 Å². The number of hydrogen-bond acceptors (Lipinski definition) is 6. The van der Waals surface area contributed by atoms with Crippen molar-refractivity contribution in [1.29, 1.82) is 0 Å². The van der Waals surface area contributed by atoms with Crippen molar-refractivity contribution >= 4 is 0 Å². The molecule has 16 heavy (non-hydrogen) atoms. The van der Waals surface area contributed by atoms with Gasteiger partial charge in [0.15, 0.2) is 5.82 Å². The Morgan fingerprint density at radius 3 is 2.75 bits per heavy atom. The highest BCUT2D eigenvalue weighted by atomic mass is 16.5. The molecule has 1 N–H and O–H groups in total. The molecule has 1 aliphatic rings. The molecule has 0 aromatic carbocycles. The Bertz CT molecular complexity index is 544. The summed E-state index contributed by atoms with van der Waals surface area (Å²) in [6.45, 7) is 2.66. The minimum atomic E-state index is 0.416. The first-order valence-electron chi connectivity index (χ1n) is 4.94. The zero-order chi connectivity index (χ0) is 11.3. The van der Waals surface area contributed by atoms with E-state index in [0.29, 0.717) is 30.7 Å². The van der Waals surface area contributed by atoms with Crippen molar-refractivity contribution in [3.05, 3.63) is 17.3 Å². The molecular weight excluding hydrogens is 210 g/mol. The second-order valence-electron chi connectivity index (χ2n) is 3.84. The lowest BCUT2D eigenvalue weighted by Crippen LogP contribution is -2.12. The third-order valence-electron chi connectivity index (χ3n) is 2.68. The molecule has 84 valence electrons. The Morgan fingerprint density at radius 1 is 1.31 bits per heavy atom. The van der Waals surface area contributed by atoms with Crippen LogP contribution in [0, 0.1) is 6.92 Å². The molecule has 0 saturated carbocycles. The summed E-state index contributed by atoms with van der Waals surface area (Å²) >= 11 is 0. The molecule has 3 rings (SSSR count). The van der Waals surface area contributed by atoms with E-state index in [4.69, 9.17) is 4.42 Å². The molecule has 0 amide bonds. The number of nitrogens with zero attached hydrogens (tertiary/aromatic N) is 5. The molecule has 0 aliphatic carbocycles. The van der Waals surface area contributed by atoms with Gasteiger partial charge in [0.05, 0.1) is 24.5 Å². The predicted molar refractivity (Wildman–Crippen MR) is 52.3 cm³/mol. The van der Waals surface area contributed by atoms with Crippen LogP contribution in [0.15, 0.2) is 4.42 Å². The van der Waals surface area contributed by atoms with Gasteiger partial charge in [-0.05, 0) is 0 Å². The average Bonchev–Trinajstić information content (AvgIpc) is 2.85. The molecule has 0 unspecified atom stereocenters. The van der Waals surface area contributed by atoms with E-state index >= 15 is 0 Å². The van der Waals surface area contributed by atoms with Crippen LogP contribution in [0.25, 0.3) is 11.7 Å². The number of hydrogen-bond donors (Lipinski definition) is 1. The van der Waals surface area contributed by atoms with Gasteiger partial charge in [-0.15, -0.1) is 10.2 Å². The smallest absolute Gasteiger partial charge is 0.283 e. The van der Waals surface area contributed by atoms with Crippen molar-refractivity contribution in [3.8, 4) is 11.7 Å². The third-order valence-corrected chi connectivity index (χ3v) is 2.68. The van der Waals surface area contributed by atoms with E-state index in [1.165, 1.54) is 5.06 Å². The molecule has 3 heterocycles. The molecule has 0 fully saturated rings. The summed E-state index contributed by atoms with van der Waals surface area (Å²) in [4.78, 5) is 4.39. The van der Waals surface area contributed by atoms with Crippen LogP contribution in [-0.2, 0) is 20.1 Å². The number of imidazole rings is 1. The molecule has 0 bridgehead atoms. The minimum absolute atomic E-state index is 0.416. The Balaban J connectivity index is 2.08. The lowest BCUT2D eigenvalue weighted by Gasteiger charge is -2.05. The highest BCUT2D eigenvalue weighted by molar-refractivity contribution is 5.44. The van der Waals surface area contributed by atoms with Crippen LogP contribution in [0.1, 0.15) is 17.3 Å². The van der Waals surface area contributed by atoms with Gasteiger partial charge in [-0.1, -0.05) is 0 Å². The van der Waals surface area contributed by atoms with Gasteiger partial charge in [0.25, 0.3) is 5.89 Å². The minimum Gasteiger partial charge on any atom is -0.419 e. The van der Waals surface area contributed by atoms with Gasteiger partial charge in [0.1, 0.15) is 0 Å². The van der Waals surface area contributed by atoms with Crippen LogP contribution in [0.3, 0.4) is 0 Å². The molecule has 2 aromatic rings. The zero-order valence-electron chi connectivity index (χ0n) is 9.01. The SMILES string of the molecule is Cc1nnc(-c2nc3c(n2C)CN(O)C3)o1. The van der Waals surface area contributed by atoms with Crippen LogP contribution in [-0.4, -0.2) is 30.0 Å². The summed E-state index contributed by atoms with van der Waals surface area (Å²) in [5, 5.41) is 18.3. The summed E-state index contributed by atoms with van der Waals surface area (Å²) < 4.78 is 7.21. The van der Waals surface area contributed by atoms with E-state index in [2.05, 4.69) is 15.2 Å². The first-order valence-corrected chi connectivity index (χ1v) is 4.94. The van der Waals surface area contributed by atoms with Crippen LogP contribution in [0.5, 0.6) is 0 Å². The van der Waals surface area contributed by atoms with Gasteiger partial charge in [0.2, 0.25) is 5.89 Å². The third kappa shape index (κ3) is 1.25. The monoisotopic (exact) mass is 221 g/mol. The molecule has 0 spiro atoms. The van der Waals surface area contributed by atoms with Crippen molar-refractivity contribution in [2.45, 2.75) is 20.0 Å². The Kier molecular flexibility index (Phi) is 1.86. The normalized spacial score (nSPS) is 15.7. The molecule has 7 nitrogen and oxygen atoms in total. The number of fused-ring (bicyclic) bond motifs is 1. The Morgan fingerprint density at radius 2 is 2.12 bits per heavy atom. The average molecular weight is 221 g/mol. The van der Waals surface area contributed by atoms with Crippen molar-refractivity contribution < 1.29 is 9.62 Å². The first kappa shape index (κ1) is 9.49. The predicted octanol–water partition coefficient (Wildman–Crippen LogP) is 0.483. The molecular formula is C9H11N5O2. The molecule has 0 saturated heterocycles. The number of hydroxylamine groups is 2. The highest BCUT2D eigenvalue weighted by Gasteiger charge is 2.26. The zero-order valence-corrected chi connectivity index (χ0v) is 9.01. The van der Waals surface area contributed by atoms with E-state index in [1.807, 2.05) is 11.6 Å². The lowest BCUT2D eigenvalue weighted by molar-refractivity contribution is -0.0984. The van der Waals surface area contributed by atoms with Gasteiger partial charge in [0, 0.05) is 14.0 Å². The summed E-state index contributed by atoms with van der Waals surface area (Å²) in [7, 11) is 1.87. The van der Waals surface area contributed by atoms with Gasteiger partial charge in [-0.25, -0.2) is 4.98 Å². The van der Waals surface area contributed by atoms with E-state index in [0.717, 1.165) is 11.4 Å². The van der Waals surface area contributed by atoms with E-state index in [1.54, 1.807) is 6.92 Å². The van der Waals surface area contributed by atoms with Crippen molar-refractivity contribution in [1.82, 2.24) is 24.8 Å². The second kappa shape index (κ2) is 3.13. The molecule has 0 radical (unpaired) electrons. The molecule has 0 atom stereocenters. The molecule has 2 aromatic heterocycles. The summed E-state index contributed by atoms with van der Waals surface area (Å²) in [5.41, 5.74) is 1.84. The summed E-state index contributed by atoms with van der Waals surface area (Å²) in [5.74, 6) is 1.58. The van der Waals surface area contributed by atoms with Crippen LogP contribution < -0.4 is 0 Å². The molecule has 7 heteroatoms. The number of aromatic nitrogens is 4. The quantitative estimate of drug-likeness (QED) is 0.754. The number of aryl methyl sites for hydroxylation is 1. The fraction of sp³-hybridized carbons (Fsp3) is 0.444. The van der Waals surface area contributed by atoms with Crippen LogP contribution >= 0.6 is 0 Å². The maximum atomic E-state index is 9.36. The standard InChI is InChI=1S/C9H11N5O2/c1-5-11-12-9(16-5)8-10-6-3-14(15)4-7(6)13(8)2/h15H,3-4H2,1-2H3. The largest absolute Gasteiger partial charge is 0.419 e. The Hall–Kier alpha value is -1.73. The van der Waals surface area contributed by atoms with Gasteiger partial charge >= 0.3 is 0 Å². The second-order valence-corrected chi connectivity index (χ2v) is 3.84. The number of rotatable bonds is 1. The summed E-state index contributed by atoms with van der Waals surface area (Å²) in [6, 6.07) is 0. The van der Waals surface area contributed by atoms with Crippen LogP contribution in [0.2, 0.25) is 0 Å². The Labute approximate surface area is 91.3 Å². The fourth-order valence-corrected chi connectivity index (χ4v) is 1.89. The lowest BCUT2D eigenvalue weighted by atomic mass is 10.4. The van der Waals surface area contributed by atoms with E-state index in [-0.39, 0.29) is 0 Å². The maximum absolute atomic E-state index is 9.36. The van der Waals surface area contributed by atoms with Crippen LogP contribution in [0.4, 0.5) is 0 Å². The topological polar surface area (TPSA) is 80.2 Å². The van der Waals surface area contributed by atoms with Crippen molar-refractivity contribution in [2.75, 3.05) is 0 Å². The van der Waals surface area contributed by atoms with Gasteiger partial charge in [-0.2, -0.15) is 5.06 Å². The summed E-state index contributed by atoms with van der Waals surface area (Å²) in [6.07, 6.45) is 0. The van der Waals surface area contributed by atoms with E-state index in [9.17, 15) is 5.21 Å². The highest BCUT2D eigenvalue weighted by Crippen LogP contribution is 2.26. The molecule has 1 aliphatic heterocycles. The van der Waals surface area contributed by atoms with Gasteiger partial charge in [-0.3, -0.25) is 0 Å². The van der Waals surface area contributed by atoms with Gasteiger partial charge < -0.3 is 14.2 Å². The van der Waals surface area contributed by atoms with Crippen molar-refractivity contribution in [2.24, 2.45) is 7.05 Å².